The van der Waals surface area contributed by atoms with Crippen molar-refractivity contribution in [3.8, 4) is 17.2 Å². The van der Waals surface area contributed by atoms with Gasteiger partial charge in [-0.25, -0.2) is 0 Å². The Labute approximate surface area is 140 Å². The molecule has 122 valence electrons. The maximum absolute atomic E-state index is 11.9. The Hall–Kier alpha value is -2.40. The molecule has 6 heteroatoms. The Balaban J connectivity index is 1.93. The van der Waals surface area contributed by atoms with Crippen molar-refractivity contribution in [1.82, 2.24) is 0 Å². The van der Waals surface area contributed by atoms with Crippen molar-refractivity contribution < 1.29 is 19.0 Å². The summed E-state index contributed by atoms with van der Waals surface area (Å²) >= 11 is 5.79. The van der Waals surface area contributed by atoms with Gasteiger partial charge in [-0.2, -0.15) is 0 Å². The normalized spacial score (nSPS) is 10.0. The van der Waals surface area contributed by atoms with Crippen LogP contribution in [0.2, 0.25) is 5.02 Å². The molecule has 0 atom stereocenters. The molecule has 2 aromatic rings. The fraction of sp³-hybridized carbons (Fsp3) is 0.235. The number of carbonyl (C=O) groups is 1. The molecule has 0 heterocycles. The van der Waals surface area contributed by atoms with E-state index in [0.29, 0.717) is 34.6 Å². The summed E-state index contributed by atoms with van der Waals surface area (Å²) in [6.07, 6.45) is 0. The highest BCUT2D eigenvalue weighted by molar-refractivity contribution is 6.30. The molecule has 2 rings (SSSR count). The second-order valence-corrected chi connectivity index (χ2v) is 5.03. The van der Waals surface area contributed by atoms with Crippen LogP contribution in [0.3, 0.4) is 0 Å². The number of hydrogen-bond donors (Lipinski definition) is 1. The number of amides is 1. The molecule has 0 aliphatic rings. The standard InChI is InChI=1S/C17H18ClNO4/c1-3-22-15-9-6-13(10-16(15)21-2)19-17(20)11-23-14-7-4-12(18)5-8-14/h4-10H,3,11H2,1-2H3,(H,19,20). The molecule has 1 amide bonds. The van der Waals surface area contributed by atoms with Crippen molar-refractivity contribution in [1.29, 1.82) is 0 Å². The van der Waals surface area contributed by atoms with Crippen LogP contribution in [0.5, 0.6) is 17.2 Å². The van der Waals surface area contributed by atoms with Gasteiger partial charge in [0.1, 0.15) is 5.75 Å². The zero-order valence-corrected chi connectivity index (χ0v) is 13.7. The van der Waals surface area contributed by atoms with Crippen LogP contribution in [0.1, 0.15) is 6.92 Å². The number of hydrogen-bond acceptors (Lipinski definition) is 4. The number of nitrogens with one attached hydrogen (secondary N) is 1. The van der Waals surface area contributed by atoms with E-state index in [9.17, 15) is 4.79 Å². The summed E-state index contributed by atoms with van der Waals surface area (Å²) in [4.78, 5) is 11.9. The molecule has 0 aromatic heterocycles. The van der Waals surface area contributed by atoms with E-state index in [4.69, 9.17) is 25.8 Å². The fourth-order valence-electron chi connectivity index (χ4n) is 1.90. The molecular formula is C17H18ClNO4. The van der Waals surface area contributed by atoms with Gasteiger partial charge in [-0.05, 0) is 43.3 Å². The molecule has 2 aromatic carbocycles. The lowest BCUT2D eigenvalue weighted by molar-refractivity contribution is -0.118. The SMILES string of the molecule is CCOc1ccc(NC(=O)COc2ccc(Cl)cc2)cc1OC. The topological polar surface area (TPSA) is 56.8 Å². The van der Waals surface area contributed by atoms with E-state index in [1.165, 1.54) is 0 Å². The average molecular weight is 336 g/mol. The van der Waals surface area contributed by atoms with E-state index in [1.54, 1.807) is 49.6 Å². The van der Waals surface area contributed by atoms with Crippen LogP contribution in [-0.4, -0.2) is 26.2 Å². The van der Waals surface area contributed by atoms with Gasteiger partial charge in [0, 0.05) is 16.8 Å². The third kappa shape index (κ3) is 5.07. The summed E-state index contributed by atoms with van der Waals surface area (Å²) in [6, 6.07) is 12.0. The highest BCUT2D eigenvalue weighted by Gasteiger charge is 2.08. The summed E-state index contributed by atoms with van der Waals surface area (Å²) in [5.41, 5.74) is 0.606. The maximum Gasteiger partial charge on any atom is 0.262 e. The minimum absolute atomic E-state index is 0.100. The minimum atomic E-state index is -0.272. The van der Waals surface area contributed by atoms with Crippen molar-refractivity contribution in [3.63, 3.8) is 0 Å². The summed E-state index contributed by atoms with van der Waals surface area (Å²) < 4.78 is 16.1. The molecule has 5 nitrogen and oxygen atoms in total. The highest BCUT2D eigenvalue weighted by Crippen LogP contribution is 2.30. The van der Waals surface area contributed by atoms with Gasteiger partial charge in [0.15, 0.2) is 18.1 Å². The third-order valence-corrected chi connectivity index (χ3v) is 3.18. The van der Waals surface area contributed by atoms with Gasteiger partial charge in [0.25, 0.3) is 5.91 Å². The Morgan fingerprint density at radius 3 is 2.48 bits per heavy atom. The number of anilines is 1. The number of ether oxygens (including phenoxy) is 3. The summed E-state index contributed by atoms with van der Waals surface area (Å²) in [5.74, 6) is 1.49. The predicted octanol–water partition coefficient (Wildman–Crippen LogP) is 3.76. The summed E-state index contributed by atoms with van der Waals surface area (Å²) in [5, 5.41) is 3.36. The van der Waals surface area contributed by atoms with Crippen LogP contribution in [0.15, 0.2) is 42.5 Å². The van der Waals surface area contributed by atoms with Crippen molar-refractivity contribution in [3.05, 3.63) is 47.5 Å². The van der Waals surface area contributed by atoms with Gasteiger partial charge < -0.3 is 19.5 Å². The van der Waals surface area contributed by atoms with Crippen molar-refractivity contribution in [2.45, 2.75) is 6.92 Å². The van der Waals surface area contributed by atoms with Gasteiger partial charge in [-0.1, -0.05) is 11.6 Å². The zero-order chi connectivity index (χ0) is 16.7. The Morgan fingerprint density at radius 1 is 1.09 bits per heavy atom. The first-order valence-electron chi connectivity index (χ1n) is 7.11. The number of benzene rings is 2. The molecule has 0 radical (unpaired) electrons. The molecule has 0 spiro atoms. The lowest BCUT2D eigenvalue weighted by atomic mass is 10.2. The summed E-state index contributed by atoms with van der Waals surface area (Å²) in [7, 11) is 1.55. The van der Waals surface area contributed by atoms with Crippen molar-refractivity contribution >= 4 is 23.2 Å². The van der Waals surface area contributed by atoms with Crippen molar-refractivity contribution in [2.75, 3.05) is 25.6 Å². The van der Waals surface area contributed by atoms with Crippen LogP contribution in [0.4, 0.5) is 5.69 Å². The Kier molecular flexibility index (Phi) is 6.11. The third-order valence-electron chi connectivity index (χ3n) is 2.93. The molecule has 0 fully saturated rings. The van der Waals surface area contributed by atoms with Crippen LogP contribution in [-0.2, 0) is 4.79 Å². The molecule has 23 heavy (non-hydrogen) atoms. The number of halogens is 1. The number of carbonyl (C=O) groups excluding carboxylic acids is 1. The highest BCUT2D eigenvalue weighted by atomic mass is 35.5. The quantitative estimate of drug-likeness (QED) is 0.837. The first-order valence-corrected chi connectivity index (χ1v) is 7.49. The van der Waals surface area contributed by atoms with Crippen LogP contribution in [0.25, 0.3) is 0 Å². The van der Waals surface area contributed by atoms with E-state index >= 15 is 0 Å². The van der Waals surface area contributed by atoms with E-state index in [0.717, 1.165) is 0 Å². The van der Waals surface area contributed by atoms with Gasteiger partial charge in [0.05, 0.1) is 13.7 Å². The molecule has 0 aliphatic heterocycles. The van der Waals surface area contributed by atoms with E-state index in [-0.39, 0.29) is 12.5 Å². The van der Waals surface area contributed by atoms with Gasteiger partial charge in [-0.3, -0.25) is 4.79 Å². The monoisotopic (exact) mass is 335 g/mol. The molecule has 0 saturated carbocycles. The fourth-order valence-corrected chi connectivity index (χ4v) is 2.02. The average Bonchev–Trinajstić information content (AvgIpc) is 2.56. The lowest BCUT2D eigenvalue weighted by Gasteiger charge is -2.12. The van der Waals surface area contributed by atoms with E-state index < -0.39 is 0 Å². The molecule has 0 aliphatic carbocycles. The molecule has 1 N–H and O–H groups in total. The van der Waals surface area contributed by atoms with Gasteiger partial charge in [-0.15, -0.1) is 0 Å². The van der Waals surface area contributed by atoms with Crippen LogP contribution in [0, 0.1) is 0 Å². The predicted molar refractivity (Wildman–Crippen MR) is 89.7 cm³/mol. The molecule has 0 unspecified atom stereocenters. The van der Waals surface area contributed by atoms with Gasteiger partial charge >= 0.3 is 0 Å². The molecule has 0 saturated heterocycles. The zero-order valence-electron chi connectivity index (χ0n) is 13.0. The smallest absolute Gasteiger partial charge is 0.262 e. The molecular weight excluding hydrogens is 318 g/mol. The molecule has 0 bridgehead atoms. The lowest BCUT2D eigenvalue weighted by Crippen LogP contribution is -2.20. The Bertz CT molecular complexity index is 658. The first kappa shape index (κ1) is 17.0. The first-order chi connectivity index (χ1) is 11.1. The largest absolute Gasteiger partial charge is 0.493 e. The number of rotatable bonds is 7. The van der Waals surface area contributed by atoms with Crippen LogP contribution >= 0.6 is 11.6 Å². The maximum atomic E-state index is 11.9. The second-order valence-electron chi connectivity index (χ2n) is 4.59. The van der Waals surface area contributed by atoms with Crippen molar-refractivity contribution in [2.24, 2.45) is 0 Å². The van der Waals surface area contributed by atoms with Crippen LogP contribution < -0.4 is 19.5 Å². The van der Waals surface area contributed by atoms with E-state index in [1.807, 2.05) is 6.92 Å². The van der Waals surface area contributed by atoms with Gasteiger partial charge in [0.2, 0.25) is 0 Å². The second kappa shape index (κ2) is 8.29. The Morgan fingerprint density at radius 2 is 1.83 bits per heavy atom. The minimum Gasteiger partial charge on any atom is -0.493 e. The summed E-state index contributed by atoms with van der Waals surface area (Å²) in [6.45, 7) is 2.33. The van der Waals surface area contributed by atoms with E-state index in [2.05, 4.69) is 5.32 Å². The number of methoxy groups -OCH3 is 1.